The van der Waals surface area contributed by atoms with Crippen molar-refractivity contribution in [2.45, 2.75) is 0 Å². The molecule has 0 aliphatic rings. The standard InChI is InChI=1S/6FH.Na.Zr.H/h6*1H;;;. The van der Waals surface area contributed by atoms with Crippen molar-refractivity contribution in [1.29, 1.82) is 0 Å². The molecule has 0 amide bonds. The van der Waals surface area contributed by atoms with Gasteiger partial charge >= 0.3 is 29.6 Å². The molecule has 0 unspecified atom stereocenters. The molecule has 0 aromatic carbocycles. The van der Waals surface area contributed by atoms with E-state index in [0.717, 1.165) is 0 Å². The van der Waals surface area contributed by atoms with Crippen LogP contribution in [0.25, 0.3) is 0 Å². The van der Waals surface area contributed by atoms with E-state index in [1.807, 2.05) is 0 Å². The van der Waals surface area contributed by atoms with E-state index in [1.54, 1.807) is 0 Å². The van der Waals surface area contributed by atoms with Crippen LogP contribution in [-0.2, 0) is 26.2 Å². The van der Waals surface area contributed by atoms with Crippen LogP contribution in [0.3, 0.4) is 0 Å². The zero-order valence-electron chi connectivity index (χ0n) is 2.95. The monoisotopic (exact) mass is 234 g/mol. The zero-order chi connectivity index (χ0) is 0. The van der Waals surface area contributed by atoms with Gasteiger partial charge in [-0.3, -0.25) is 28.2 Å². The maximum atomic E-state index is 0. The molecule has 0 aliphatic carbocycles. The summed E-state index contributed by atoms with van der Waals surface area (Å²) < 4.78 is 0. The maximum absolute atomic E-state index is 0. The molecule has 0 fully saturated rings. The molecule has 0 N–H and O–H groups in total. The molecule has 0 bridgehead atoms. The van der Waals surface area contributed by atoms with Crippen LogP contribution in [0.5, 0.6) is 0 Å². The van der Waals surface area contributed by atoms with Crippen LogP contribution in [0, 0.1) is 0 Å². The van der Waals surface area contributed by atoms with Crippen LogP contribution < -0.4 is 0 Å². The SMILES string of the molecule is F.F.F.F.F.F.[NaH].[Zr]. The first-order valence-corrected chi connectivity index (χ1v) is 0. The van der Waals surface area contributed by atoms with Crippen molar-refractivity contribution in [3.63, 3.8) is 0 Å². The second-order valence-corrected chi connectivity index (χ2v) is 0. The second-order valence-electron chi connectivity index (χ2n) is 0. The number of hydrogen-bond acceptors (Lipinski definition) is 0. The summed E-state index contributed by atoms with van der Waals surface area (Å²) >= 11 is 0. The summed E-state index contributed by atoms with van der Waals surface area (Å²) in [6.07, 6.45) is 0. The average Bonchev–Trinajstić information content (AvgIpc) is 0. The molecule has 8 heteroatoms. The van der Waals surface area contributed by atoms with Crippen LogP contribution in [-0.4, -0.2) is 29.6 Å². The minimum atomic E-state index is 0. The summed E-state index contributed by atoms with van der Waals surface area (Å²) in [7, 11) is 0. The second kappa shape index (κ2) is 220. The Labute approximate surface area is 83.4 Å². The Morgan fingerprint density at radius 2 is 0.375 bits per heavy atom. The molecular formula is H7F6NaZr. The van der Waals surface area contributed by atoms with Crippen LogP contribution in [0.15, 0.2) is 0 Å². The van der Waals surface area contributed by atoms with Crippen molar-refractivity contribution in [1.82, 2.24) is 0 Å². The summed E-state index contributed by atoms with van der Waals surface area (Å²) in [5.41, 5.74) is 0. The van der Waals surface area contributed by atoms with E-state index in [9.17, 15) is 0 Å². The van der Waals surface area contributed by atoms with Gasteiger partial charge in [-0.1, -0.05) is 0 Å². The summed E-state index contributed by atoms with van der Waals surface area (Å²) in [5, 5.41) is 0. The molecule has 0 aliphatic heterocycles. The van der Waals surface area contributed by atoms with Crippen molar-refractivity contribution >= 4 is 29.6 Å². The van der Waals surface area contributed by atoms with Crippen LogP contribution in [0.1, 0.15) is 0 Å². The van der Waals surface area contributed by atoms with Gasteiger partial charge in [-0.25, -0.2) is 0 Å². The minimum Gasteiger partial charge on any atom is 0 e. The molecule has 8 heavy (non-hydrogen) atoms. The topological polar surface area (TPSA) is 0 Å². The van der Waals surface area contributed by atoms with E-state index in [4.69, 9.17) is 0 Å². The first-order valence-electron chi connectivity index (χ1n) is 0. The normalized spacial score (nSPS) is 0. The van der Waals surface area contributed by atoms with Gasteiger partial charge in [-0.05, 0) is 0 Å². The van der Waals surface area contributed by atoms with Crippen molar-refractivity contribution in [3.8, 4) is 0 Å². The summed E-state index contributed by atoms with van der Waals surface area (Å²) in [4.78, 5) is 0. The summed E-state index contributed by atoms with van der Waals surface area (Å²) in [5.74, 6) is 0. The predicted molar refractivity (Wildman–Crippen MR) is 22.2 cm³/mol. The largest absolute Gasteiger partial charge is 0 e. The van der Waals surface area contributed by atoms with E-state index in [-0.39, 0.29) is 84.0 Å². The van der Waals surface area contributed by atoms with Gasteiger partial charge in [0.25, 0.3) is 0 Å². The van der Waals surface area contributed by atoms with Crippen molar-refractivity contribution in [2.24, 2.45) is 0 Å². The Morgan fingerprint density at radius 3 is 0.375 bits per heavy atom. The van der Waals surface area contributed by atoms with Gasteiger partial charge in [0, 0.05) is 26.2 Å². The number of halogens is 6. The van der Waals surface area contributed by atoms with Crippen LogP contribution >= 0.6 is 0 Å². The maximum Gasteiger partial charge on any atom is 0 e. The Morgan fingerprint density at radius 1 is 0.375 bits per heavy atom. The predicted octanol–water partition coefficient (Wildman–Crippen LogP) is 0.264. The fourth-order valence-corrected chi connectivity index (χ4v) is 0. The molecule has 0 saturated carbocycles. The summed E-state index contributed by atoms with van der Waals surface area (Å²) in [6, 6.07) is 0. The Balaban J connectivity index is 0. The Kier molecular flexibility index (Phi) is 8710. The molecule has 0 saturated heterocycles. The molecule has 0 nitrogen and oxygen atoms in total. The molecular weight excluding hydrogens is 228 g/mol. The van der Waals surface area contributed by atoms with E-state index in [2.05, 4.69) is 0 Å². The van der Waals surface area contributed by atoms with Crippen LogP contribution in [0.2, 0.25) is 0 Å². The van der Waals surface area contributed by atoms with Crippen molar-refractivity contribution in [3.05, 3.63) is 0 Å². The minimum absolute atomic E-state index is 0. The van der Waals surface area contributed by atoms with Gasteiger partial charge in [0.2, 0.25) is 0 Å². The van der Waals surface area contributed by atoms with Gasteiger partial charge < -0.3 is 0 Å². The molecule has 54 valence electrons. The molecule has 0 aromatic rings. The molecule has 0 radical (unpaired) electrons. The summed E-state index contributed by atoms with van der Waals surface area (Å²) in [6.45, 7) is 0. The van der Waals surface area contributed by atoms with Crippen LogP contribution in [0.4, 0.5) is 28.2 Å². The average molecular weight is 235 g/mol. The third-order valence-electron chi connectivity index (χ3n) is 0. The smallest absolute Gasteiger partial charge is 0 e. The van der Waals surface area contributed by atoms with E-state index >= 15 is 0 Å². The molecule has 0 aromatic heterocycles. The molecule has 0 atom stereocenters. The fraction of sp³-hybridized carbons (Fsp3) is 0. The Hall–Kier alpha value is 1.46. The van der Waals surface area contributed by atoms with Crippen molar-refractivity contribution < 1.29 is 54.4 Å². The Bertz CT molecular complexity index is 8.49. The molecule has 0 rings (SSSR count). The van der Waals surface area contributed by atoms with Gasteiger partial charge in [0.05, 0.1) is 0 Å². The van der Waals surface area contributed by atoms with Gasteiger partial charge in [-0.2, -0.15) is 0 Å². The quantitative estimate of drug-likeness (QED) is 0.417. The van der Waals surface area contributed by atoms with Gasteiger partial charge in [-0.15, -0.1) is 0 Å². The van der Waals surface area contributed by atoms with E-state index in [1.165, 1.54) is 0 Å². The first-order chi connectivity index (χ1) is 0. The fourth-order valence-electron chi connectivity index (χ4n) is 0. The first kappa shape index (κ1) is 317. The number of hydrogen-bond donors (Lipinski definition) is 0. The molecule has 0 heterocycles. The van der Waals surface area contributed by atoms with Gasteiger partial charge in [0.1, 0.15) is 0 Å². The number of rotatable bonds is 0. The zero-order valence-corrected chi connectivity index (χ0v) is 5.41. The van der Waals surface area contributed by atoms with Crippen molar-refractivity contribution in [2.75, 3.05) is 0 Å². The third-order valence-corrected chi connectivity index (χ3v) is 0. The third kappa shape index (κ3) is 146. The molecule has 0 spiro atoms. The van der Waals surface area contributed by atoms with E-state index in [0.29, 0.717) is 0 Å². The van der Waals surface area contributed by atoms with Gasteiger partial charge in [0.15, 0.2) is 0 Å². The van der Waals surface area contributed by atoms with E-state index < -0.39 is 0 Å².